The Bertz CT molecular complexity index is 808. The van der Waals surface area contributed by atoms with Gasteiger partial charge in [-0.2, -0.15) is 11.3 Å². The Labute approximate surface area is 170 Å². The van der Waals surface area contributed by atoms with Crippen LogP contribution in [0.1, 0.15) is 23.6 Å². The van der Waals surface area contributed by atoms with E-state index in [0.29, 0.717) is 6.54 Å². The van der Waals surface area contributed by atoms with Crippen molar-refractivity contribution in [2.45, 2.75) is 26.8 Å². The lowest BCUT2D eigenvalue weighted by Crippen LogP contribution is -2.38. The van der Waals surface area contributed by atoms with Crippen LogP contribution in [0, 0.1) is 6.92 Å². The summed E-state index contributed by atoms with van der Waals surface area (Å²) < 4.78 is 0. The first kappa shape index (κ1) is 19.8. The minimum absolute atomic E-state index is 0. The van der Waals surface area contributed by atoms with Gasteiger partial charge >= 0.3 is 0 Å². The van der Waals surface area contributed by atoms with Crippen LogP contribution in [0.15, 0.2) is 46.2 Å². The van der Waals surface area contributed by atoms with Gasteiger partial charge in [0.15, 0.2) is 5.96 Å². The molecule has 0 fully saturated rings. The van der Waals surface area contributed by atoms with Crippen LogP contribution < -0.4 is 10.6 Å². The molecule has 0 radical (unpaired) electrons. The summed E-state index contributed by atoms with van der Waals surface area (Å²) in [7, 11) is 0. The summed E-state index contributed by atoms with van der Waals surface area (Å²) in [6.45, 7) is 6.69. The van der Waals surface area contributed by atoms with Gasteiger partial charge in [-0.15, -0.1) is 24.0 Å². The molecule has 4 nitrogen and oxygen atoms in total. The van der Waals surface area contributed by atoms with Gasteiger partial charge in [-0.05, 0) is 59.9 Å². The number of thiophene rings is 1. The molecule has 3 aromatic rings. The number of aryl methyl sites for hydroxylation is 1. The Hall–Kier alpha value is -1.54. The number of aliphatic imine (C=N–C) groups is 1. The number of nitrogens with one attached hydrogen (secondary N) is 3. The first-order valence-electron chi connectivity index (χ1n) is 8.36. The Morgan fingerprint density at radius 3 is 2.88 bits per heavy atom. The van der Waals surface area contributed by atoms with E-state index in [-0.39, 0.29) is 24.0 Å². The van der Waals surface area contributed by atoms with Crippen molar-refractivity contribution in [1.29, 1.82) is 0 Å². The van der Waals surface area contributed by atoms with Crippen molar-refractivity contribution in [1.82, 2.24) is 15.6 Å². The number of H-pyrrole nitrogens is 1. The number of aromatic amines is 1. The van der Waals surface area contributed by atoms with Crippen molar-refractivity contribution in [3.8, 4) is 0 Å². The average molecular weight is 468 g/mol. The van der Waals surface area contributed by atoms with E-state index in [1.54, 1.807) is 11.3 Å². The molecule has 0 aliphatic heterocycles. The summed E-state index contributed by atoms with van der Waals surface area (Å²) >= 11 is 1.71. The number of benzene rings is 1. The molecule has 0 aliphatic rings. The molecule has 6 heteroatoms. The monoisotopic (exact) mass is 468 g/mol. The summed E-state index contributed by atoms with van der Waals surface area (Å²) in [4.78, 5) is 8.01. The molecule has 0 bridgehead atoms. The van der Waals surface area contributed by atoms with Crippen molar-refractivity contribution in [3.63, 3.8) is 0 Å². The van der Waals surface area contributed by atoms with Gasteiger partial charge in [0.1, 0.15) is 0 Å². The van der Waals surface area contributed by atoms with Crippen LogP contribution in [0.3, 0.4) is 0 Å². The predicted molar refractivity (Wildman–Crippen MR) is 119 cm³/mol. The number of aromatic nitrogens is 1. The van der Waals surface area contributed by atoms with Crippen LogP contribution in [0.5, 0.6) is 0 Å². The van der Waals surface area contributed by atoms with Crippen LogP contribution >= 0.6 is 35.3 Å². The number of fused-ring (bicyclic) bond motifs is 1. The van der Waals surface area contributed by atoms with E-state index in [1.165, 1.54) is 27.6 Å². The van der Waals surface area contributed by atoms with E-state index in [2.05, 4.69) is 75.7 Å². The molecule has 0 amide bonds. The smallest absolute Gasteiger partial charge is 0.191 e. The maximum Gasteiger partial charge on any atom is 0.191 e. The average Bonchev–Trinajstić information content (AvgIpc) is 3.23. The first-order valence-corrected chi connectivity index (χ1v) is 9.31. The third-order valence-corrected chi connectivity index (χ3v) is 4.76. The zero-order valence-corrected chi connectivity index (χ0v) is 17.8. The predicted octanol–water partition coefficient (Wildman–Crippen LogP) is 4.45. The Morgan fingerprint density at radius 2 is 2.12 bits per heavy atom. The second kappa shape index (κ2) is 9.82. The molecule has 134 valence electrons. The van der Waals surface area contributed by atoms with Gasteiger partial charge in [-0.25, -0.2) is 4.99 Å². The second-order valence-electron chi connectivity index (χ2n) is 5.81. The molecule has 0 aliphatic carbocycles. The molecule has 0 spiro atoms. The highest BCUT2D eigenvalue weighted by molar-refractivity contribution is 14.0. The Balaban J connectivity index is 0.00000225. The van der Waals surface area contributed by atoms with Crippen molar-refractivity contribution < 1.29 is 0 Å². The number of halogens is 1. The van der Waals surface area contributed by atoms with Gasteiger partial charge in [0.05, 0.1) is 6.54 Å². The Kier molecular flexibility index (Phi) is 7.77. The highest BCUT2D eigenvalue weighted by atomic mass is 127. The van der Waals surface area contributed by atoms with E-state index in [4.69, 9.17) is 0 Å². The fourth-order valence-electron chi connectivity index (χ4n) is 2.86. The van der Waals surface area contributed by atoms with E-state index >= 15 is 0 Å². The highest BCUT2D eigenvalue weighted by Gasteiger charge is 2.06. The van der Waals surface area contributed by atoms with Crippen molar-refractivity contribution >= 4 is 52.2 Å². The molecule has 1 aromatic carbocycles. The van der Waals surface area contributed by atoms with Crippen molar-refractivity contribution in [2.75, 3.05) is 13.1 Å². The summed E-state index contributed by atoms with van der Waals surface area (Å²) in [5.41, 5.74) is 5.14. The highest BCUT2D eigenvalue weighted by Crippen LogP contribution is 2.22. The lowest BCUT2D eigenvalue weighted by molar-refractivity contribution is 0.802. The third kappa shape index (κ3) is 5.22. The third-order valence-electron chi connectivity index (χ3n) is 4.03. The van der Waals surface area contributed by atoms with Crippen molar-refractivity contribution in [2.24, 2.45) is 4.99 Å². The molecule has 3 rings (SSSR count). The van der Waals surface area contributed by atoms with E-state index < -0.39 is 0 Å². The fourth-order valence-corrected chi connectivity index (χ4v) is 3.52. The van der Waals surface area contributed by atoms with Crippen LogP contribution in [-0.2, 0) is 13.0 Å². The largest absolute Gasteiger partial charge is 0.361 e. The molecule has 3 N–H and O–H groups in total. The summed E-state index contributed by atoms with van der Waals surface area (Å²) in [6.07, 6.45) is 3.09. The standard InChI is InChI=1S/C19H24N4S.HI/c1-3-20-19(23-11-15-8-10-24-13-15)21-9-7-16-12-22-17-6-4-5-14(2)18(16)17;/h4-6,8,10,12-13,22H,3,7,9,11H2,1-2H3,(H2,20,21,23);1H. The van der Waals surface area contributed by atoms with Crippen LogP contribution in [-0.4, -0.2) is 24.0 Å². The van der Waals surface area contributed by atoms with E-state index in [0.717, 1.165) is 25.5 Å². The zero-order chi connectivity index (χ0) is 16.8. The number of rotatable bonds is 6. The lowest BCUT2D eigenvalue weighted by atomic mass is 10.1. The minimum atomic E-state index is 0. The fraction of sp³-hybridized carbons (Fsp3) is 0.316. The SMILES string of the molecule is CCNC(=NCc1ccsc1)NCCc1c[nH]c2cccc(C)c12.I. The first-order chi connectivity index (χ1) is 11.8. The normalized spacial score (nSPS) is 11.4. The Morgan fingerprint density at radius 1 is 1.24 bits per heavy atom. The number of hydrogen-bond acceptors (Lipinski definition) is 2. The maximum absolute atomic E-state index is 4.65. The number of hydrogen-bond donors (Lipinski definition) is 3. The minimum Gasteiger partial charge on any atom is -0.361 e. The summed E-state index contributed by atoms with van der Waals surface area (Å²) in [5.74, 6) is 0.875. The van der Waals surface area contributed by atoms with E-state index in [1.807, 2.05) is 0 Å². The second-order valence-corrected chi connectivity index (χ2v) is 6.59. The number of nitrogens with zero attached hydrogens (tertiary/aromatic N) is 1. The van der Waals surface area contributed by atoms with Gasteiger partial charge in [-0.1, -0.05) is 12.1 Å². The van der Waals surface area contributed by atoms with Gasteiger partial charge in [0, 0.05) is 30.2 Å². The van der Waals surface area contributed by atoms with Gasteiger partial charge in [-0.3, -0.25) is 0 Å². The molecular weight excluding hydrogens is 443 g/mol. The van der Waals surface area contributed by atoms with E-state index in [9.17, 15) is 0 Å². The molecule has 2 heterocycles. The zero-order valence-electron chi connectivity index (χ0n) is 14.6. The molecule has 2 aromatic heterocycles. The summed E-state index contributed by atoms with van der Waals surface area (Å²) in [6, 6.07) is 8.51. The van der Waals surface area contributed by atoms with Crippen molar-refractivity contribution in [3.05, 3.63) is 57.9 Å². The van der Waals surface area contributed by atoms with Crippen LogP contribution in [0.25, 0.3) is 10.9 Å². The molecule has 0 saturated carbocycles. The topological polar surface area (TPSA) is 52.2 Å². The maximum atomic E-state index is 4.65. The summed E-state index contributed by atoms with van der Waals surface area (Å²) in [5, 5.41) is 12.3. The van der Waals surface area contributed by atoms with Crippen LogP contribution in [0.4, 0.5) is 0 Å². The lowest BCUT2D eigenvalue weighted by Gasteiger charge is -2.11. The van der Waals surface area contributed by atoms with Gasteiger partial charge in [0.2, 0.25) is 0 Å². The van der Waals surface area contributed by atoms with Crippen LogP contribution in [0.2, 0.25) is 0 Å². The van der Waals surface area contributed by atoms with Gasteiger partial charge in [0.25, 0.3) is 0 Å². The molecular formula is C19H25IN4S. The van der Waals surface area contributed by atoms with Gasteiger partial charge < -0.3 is 15.6 Å². The molecule has 0 saturated heterocycles. The molecule has 25 heavy (non-hydrogen) atoms. The molecule has 0 atom stereocenters. The number of guanidine groups is 1. The quantitative estimate of drug-likeness (QED) is 0.285. The molecule has 0 unspecified atom stereocenters.